The SMILES string of the molecule is COc1ccc(N(CC(=O)N(Cc2cccc(OC)c2)C(Cc2ccccc2)C(=O)NC(C)C)S(C)(=O)=O)cc1. The van der Waals surface area contributed by atoms with Gasteiger partial charge in [0.15, 0.2) is 0 Å². The maximum atomic E-state index is 14.1. The van der Waals surface area contributed by atoms with Crippen molar-refractivity contribution in [3.05, 3.63) is 90.0 Å². The molecule has 9 nitrogen and oxygen atoms in total. The van der Waals surface area contributed by atoms with E-state index >= 15 is 0 Å². The van der Waals surface area contributed by atoms with Crippen LogP contribution in [0.4, 0.5) is 5.69 Å². The van der Waals surface area contributed by atoms with Crippen LogP contribution in [0, 0.1) is 0 Å². The summed E-state index contributed by atoms with van der Waals surface area (Å²) >= 11 is 0. The molecule has 0 radical (unpaired) electrons. The Labute approximate surface area is 236 Å². The molecule has 3 aromatic rings. The number of carbonyl (C=O) groups excluding carboxylic acids is 2. The summed E-state index contributed by atoms with van der Waals surface area (Å²) in [4.78, 5) is 29.1. The highest BCUT2D eigenvalue weighted by Crippen LogP contribution is 2.23. The monoisotopic (exact) mass is 567 g/mol. The predicted octanol–water partition coefficient (Wildman–Crippen LogP) is 3.63. The minimum absolute atomic E-state index is 0.0687. The van der Waals surface area contributed by atoms with E-state index in [0.29, 0.717) is 17.2 Å². The first-order chi connectivity index (χ1) is 19.0. The third-order valence-corrected chi connectivity index (χ3v) is 7.37. The second-order valence-electron chi connectivity index (χ2n) is 9.71. The van der Waals surface area contributed by atoms with Gasteiger partial charge in [-0.3, -0.25) is 13.9 Å². The molecular formula is C30H37N3O6S. The van der Waals surface area contributed by atoms with Crippen molar-refractivity contribution in [2.24, 2.45) is 0 Å². The molecule has 3 aromatic carbocycles. The van der Waals surface area contributed by atoms with Crippen LogP contribution in [0.3, 0.4) is 0 Å². The number of anilines is 1. The quantitative estimate of drug-likeness (QED) is 0.338. The van der Waals surface area contributed by atoms with Gasteiger partial charge in [-0.1, -0.05) is 42.5 Å². The van der Waals surface area contributed by atoms with Crippen molar-refractivity contribution in [3.63, 3.8) is 0 Å². The Hall–Kier alpha value is -4.05. The van der Waals surface area contributed by atoms with Gasteiger partial charge in [-0.15, -0.1) is 0 Å². The average molecular weight is 568 g/mol. The molecule has 0 aliphatic carbocycles. The van der Waals surface area contributed by atoms with Gasteiger partial charge in [-0.2, -0.15) is 0 Å². The second-order valence-corrected chi connectivity index (χ2v) is 11.6. The van der Waals surface area contributed by atoms with E-state index in [-0.39, 0.29) is 24.9 Å². The molecule has 10 heteroatoms. The normalized spacial score (nSPS) is 11.9. The maximum Gasteiger partial charge on any atom is 0.244 e. The first-order valence-corrected chi connectivity index (χ1v) is 14.7. The minimum Gasteiger partial charge on any atom is -0.497 e. The number of amides is 2. The zero-order valence-corrected chi connectivity index (χ0v) is 24.4. The average Bonchev–Trinajstić information content (AvgIpc) is 2.93. The highest BCUT2D eigenvalue weighted by atomic mass is 32.2. The molecule has 3 rings (SSSR count). The van der Waals surface area contributed by atoms with Gasteiger partial charge in [0, 0.05) is 19.0 Å². The fourth-order valence-electron chi connectivity index (χ4n) is 4.26. The molecule has 1 unspecified atom stereocenters. The molecular weight excluding hydrogens is 530 g/mol. The lowest BCUT2D eigenvalue weighted by atomic mass is 10.0. The predicted molar refractivity (Wildman–Crippen MR) is 156 cm³/mol. The van der Waals surface area contributed by atoms with Crippen LogP contribution in [-0.2, 0) is 32.6 Å². The van der Waals surface area contributed by atoms with Gasteiger partial charge < -0.3 is 19.7 Å². The number of ether oxygens (including phenoxy) is 2. The Morgan fingerprint density at radius 2 is 1.48 bits per heavy atom. The van der Waals surface area contributed by atoms with E-state index in [1.807, 2.05) is 50.2 Å². The summed E-state index contributed by atoms with van der Waals surface area (Å²) < 4.78 is 37.3. The summed E-state index contributed by atoms with van der Waals surface area (Å²) in [6.07, 6.45) is 1.29. The van der Waals surface area contributed by atoms with E-state index in [9.17, 15) is 18.0 Å². The number of sulfonamides is 1. The molecule has 0 saturated heterocycles. The summed E-state index contributed by atoms with van der Waals surface area (Å²) in [6, 6.07) is 22.0. The Morgan fingerprint density at radius 1 is 0.850 bits per heavy atom. The van der Waals surface area contributed by atoms with Crippen LogP contribution in [0.2, 0.25) is 0 Å². The Balaban J connectivity index is 2.05. The lowest BCUT2D eigenvalue weighted by Crippen LogP contribution is -2.54. The molecule has 0 fully saturated rings. The number of benzene rings is 3. The molecule has 0 aliphatic rings. The van der Waals surface area contributed by atoms with Gasteiger partial charge in [-0.25, -0.2) is 8.42 Å². The molecule has 0 heterocycles. The minimum atomic E-state index is -3.85. The van der Waals surface area contributed by atoms with Gasteiger partial charge in [-0.05, 0) is 61.4 Å². The van der Waals surface area contributed by atoms with Crippen LogP contribution in [0.5, 0.6) is 11.5 Å². The summed E-state index contributed by atoms with van der Waals surface area (Å²) in [5.41, 5.74) is 1.91. The number of nitrogens with zero attached hydrogens (tertiary/aromatic N) is 2. The van der Waals surface area contributed by atoms with Crippen molar-refractivity contribution in [2.45, 2.75) is 38.9 Å². The van der Waals surface area contributed by atoms with Crippen molar-refractivity contribution >= 4 is 27.5 Å². The highest BCUT2D eigenvalue weighted by molar-refractivity contribution is 7.92. The molecule has 0 bridgehead atoms. The molecule has 1 atom stereocenters. The lowest BCUT2D eigenvalue weighted by Gasteiger charge is -2.34. The largest absolute Gasteiger partial charge is 0.497 e. The highest BCUT2D eigenvalue weighted by Gasteiger charge is 2.33. The van der Waals surface area contributed by atoms with Crippen molar-refractivity contribution in [2.75, 3.05) is 31.3 Å². The van der Waals surface area contributed by atoms with Gasteiger partial charge in [0.1, 0.15) is 24.1 Å². The third kappa shape index (κ3) is 8.47. The van der Waals surface area contributed by atoms with E-state index in [0.717, 1.165) is 21.7 Å². The van der Waals surface area contributed by atoms with Gasteiger partial charge in [0.2, 0.25) is 21.8 Å². The summed E-state index contributed by atoms with van der Waals surface area (Å²) in [6.45, 7) is 3.27. The van der Waals surface area contributed by atoms with Gasteiger partial charge in [0.25, 0.3) is 0 Å². The van der Waals surface area contributed by atoms with Gasteiger partial charge in [0.05, 0.1) is 26.2 Å². The summed E-state index contributed by atoms with van der Waals surface area (Å²) in [7, 11) is -0.786. The topological polar surface area (TPSA) is 105 Å². The van der Waals surface area contributed by atoms with Gasteiger partial charge >= 0.3 is 0 Å². The van der Waals surface area contributed by atoms with Crippen LogP contribution in [0.25, 0.3) is 0 Å². The first-order valence-electron chi connectivity index (χ1n) is 12.9. The second kappa shape index (κ2) is 13.8. The van der Waals surface area contributed by atoms with Crippen molar-refractivity contribution < 1.29 is 27.5 Å². The number of methoxy groups -OCH3 is 2. The van der Waals surface area contributed by atoms with Crippen molar-refractivity contribution in [3.8, 4) is 11.5 Å². The maximum absolute atomic E-state index is 14.1. The molecule has 40 heavy (non-hydrogen) atoms. The van der Waals surface area contributed by atoms with Crippen molar-refractivity contribution in [1.29, 1.82) is 0 Å². The standard InChI is InChI=1S/C30H37N3O6S/c1-22(2)31-30(35)28(19-23-10-7-6-8-11-23)32(20-24-12-9-13-27(18-24)39-4)29(34)21-33(40(5,36)37)25-14-16-26(38-3)17-15-25/h6-18,22,28H,19-21H2,1-5H3,(H,31,35). The summed E-state index contributed by atoms with van der Waals surface area (Å²) in [5, 5.41) is 2.93. The van der Waals surface area contributed by atoms with E-state index < -0.39 is 28.5 Å². The number of hydrogen-bond acceptors (Lipinski definition) is 6. The molecule has 0 aromatic heterocycles. The van der Waals surface area contributed by atoms with Crippen molar-refractivity contribution in [1.82, 2.24) is 10.2 Å². The fraction of sp³-hybridized carbons (Fsp3) is 0.333. The molecule has 214 valence electrons. The number of hydrogen-bond donors (Lipinski definition) is 1. The van der Waals surface area contributed by atoms with Crippen LogP contribution in [-0.4, -0.2) is 64.2 Å². The molecule has 0 aliphatic heterocycles. The fourth-order valence-corrected chi connectivity index (χ4v) is 5.11. The zero-order chi connectivity index (χ0) is 29.3. The Kier molecular flexibility index (Phi) is 10.6. The van der Waals surface area contributed by atoms with E-state index in [4.69, 9.17) is 9.47 Å². The molecule has 0 spiro atoms. The van der Waals surface area contributed by atoms with E-state index in [1.165, 1.54) is 12.0 Å². The van der Waals surface area contributed by atoms with E-state index in [2.05, 4.69) is 5.32 Å². The lowest BCUT2D eigenvalue weighted by molar-refractivity contribution is -0.140. The first kappa shape index (κ1) is 30.5. The van der Waals surface area contributed by atoms with Crippen LogP contribution >= 0.6 is 0 Å². The van der Waals surface area contributed by atoms with E-state index in [1.54, 1.807) is 49.6 Å². The molecule has 0 saturated carbocycles. The smallest absolute Gasteiger partial charge is 0.244 e. The van der Waals surface area contributed by atoms with Crippen LogP contribution in [0.15, 0.2) is 78.9 Å². The molecule has 1 N–H and O–H groups in total. The summed E-state index contributed by atoms with van der Waals surface area (Å²) in [5.74, 6) is 0.304. The number of carbonyl (C=O) groups is 2. The number of nitrogens with one attached hydrogen (secondary N) is 1. The van der Waals surface area contributed by atoms with Crippen LogP contribution < -0.4 is 19.1 Å². The molecule has 2 amide bonds. The zero-order valence-electron chi connectivity index (χ0n) is 23.5. The Morgan fingerprint density at radius 3 is 2.05 bits per heavy atom. The van der Waals surface area contributed by atoms with Crippen LogP contribution in [0.1, 0.15) is 25.0 Å². The third-order valence-electron chi connectivity index (χ3n) is 6.23. The number of rotatable bonds is 13. The Bertz CT molecular complexity index is 1380.